The van der Waals surface area contributed by atoms with E-state index in [4.69, 9.17) is 34.8 Å². The minimum Gasteiger partial charge on any atom is -0.302 e. The summed E-state index contributed by atoms with van der Waals surface area (Å²) in [5.74, 6) is -0.173. The Bertz CT molecular complexity index is 1260. The predicted molar refractivity (Wildman–Crippen MR) is 120 cm³/mol. The number of amides is 1. The van der Waals surface area contributed by atoms with Gasteiger partial charge in [0, 0.05) is 28.1 Å². The first-order valence-corrected chi connectivity index (χ1v) is 10.4. The van der Waals surface area contributed by atoms with Crippen LogP contribution >= 0.6 is 34.8 Å². The van der Waals surface area contributed by atoms with Crippen LogP contribution in [0.5, 0.6) is 0 Å². The maximum absolute atomic E-state index is 12.6. The SMILES string of the molecule is Cc1cc(C)n(Cn2ccc(C(=O)Nc3nn(Cc4ccc(Cl)cc4Cl)cc3Cl)n2)n1. The van der Waals surface area contributed by atoms with Gasteiger partial charge in [0.2, 0.25) is 0 Å². The largest absolute Gasteiger partial charge is 0.302 e. The molecule has 0 saturated carbocycles. The van der Waals surface area contributed by atoms with Gasteiger partial charge >= 0.3 is 0 Å². The van der Waals surface area contributed by atoms with Gasteiger partial charge in [-0.2, -0.15) is 15.3 Å². The third-order valence-corrected chi connectivity index (χ3v) is 5.42. The number of aryl methyl sites for hydroxylation is 2. The molecule has 0 unspecified atom stereocenters. The molecule has 0 spiro atoms. The normalized spacial score (nSPS) is 11.1. The van der Waals surface area contributed by atoms with Gasteiger partial charge < -0.3 is 5.32 Å². The van der Waals surface area contributed by atoms with Crippen LogP contribution in [0.3, 0.4) is 0 Å². The average Bonchev–Trinajstić information content (AvgIpc) is 3.38. The van der Waals surface area contributed by atoms with Crippen molar-refractivity contribution in [2.75, 3.05) is 5.32 Å². The minimum atomic E-state index is -0.413. The molecule has 1 amide bonds. The van der Waals surface area contributed by atoms with Crippen molar-refractivity contribution < 1.29 is 4.79 Å². The Morgan fingerprint density at radius 2 is 1.81 bits per heavy atom. The summed E-state index contributed by atoms with van der Waals surface area (Å²) in [6.45, 7) is 4.68. The van der Waals surface area contributed by atoms with Crippen LogP contribution in [0.2, 0.25) is 15.1 Å². The quantitative estimate of drug-likeness (QED) is 0.437. The molecule has 3 aromatic heterocycles. The van der Waals surface area contributed by atoms with Crippen LogP contribution in [0.4, 0.5) is 5.82 Å². The highest BCUT2D eigenvalue weighted by Gasteiger charge is 2.16. The summed E-state index contributed by atoms with van der Waals surface area (Å²) < 4.78 is 5.04. The van der Waals surface area contributed by atoms with Gasteiger partial charge in [-0.3, -0.25) is 14.2 Å². The number of carbonyl (C=O) groups excluding carboxylic acids is 1. The molecule has 0 bridgehead atoms. The van der Waals surface area contributed by atoms with Gasteiger partial charge in [-0.25, -0.2) is 4.68 Å². The van der Waals surface area contributed by atoms with Gasteiger partial charge in [0.05, 0.1) is 12.2 Å². The highest BCUT2D eigenvalue weighted by molar-refractivity contribution is 6.35. The number of nitrogens with one attached hydrogen (secondary N) is 1. The highest BCUT2D eigenvalue weighted by atomic mass is 35.5. The molecule has 3 heterocycles. The summed E-state index contributed by atoms with van der Waals surface area (Å²) >= 11 is 18.4. The molecule has 0 aliphatic carbocycles. The molecule has 11 heteroatoms. The van der Waals surface area contributed by atoms with Crippen molar-refractivity contribution >= 4 is 46.5 Å². The van der Waals surface area contributed by atoms with E-state index in [-0.39, 0.29) is 11.5 Å². The van der Waals surface area contributed by atoms with Gasteiger partial charge in [0.1, 0.15) is 11.7 Å². The van der Waals surface area contributed by atoms with E-state index in [2.05, 4.69) is 20.6 Å². The van der Waals surface area contributed by atoms with E-state index in [1.165, 1.54) is 0 Å². The number of carbonyl (C=O) groups is 1. The van der Waals surface area contributed by atoms with Crippen LogP contribution in [-0.2, 0) is 13.2 Å². The Kier molecular flexibility index (Phi) is 6.04. The topological polar surface area (TPSA) is 82.6 Å². The smallest absolute Gasteiger partial charge is 0.277 e. The van der Waals surface area contributed by atoms with E-state index >= 15 is 0 Å². The van der Waals surface area contributed by atoms with Crippen molar-refractivity contribution in [2.24, 2.45) is 0 Å². The Balaban J connectivity index is 1.44. The number of nitrogens with zero attached hydrogens (tertiary/aromatic N) is 6. The fourth-order valence-corrected chi connectivity index (χ4v) is 3.74. The van der Waals surface area contributed by atoms with Crippen LogP contribution in [0, 0.1) is 13.8 Å². The molecule has 4 rings (SSSR count). The lowest BCUT2D eigenvalue weighted by atomic mass is 10.2. The zero-order valence-corrected chi connectivity index (χ0v) is 18.9. The van der Waals surface area contributed by atoms with E-state index in [1.807, 2.05) is 30.7 Å². The molecule has 0 atom stereocenters. The molecular weight excluding hydrogens is 461 g/mol. The summed E-state index contributed by atoms with van der Waals surface area (Å²) in [7, 11) is 0. The maximum atomic E-state index is 12.6. The molecule has 0 aliphatic rings. The number of hydrogen-bond donors (Lipinski definition) is 1. The van der Waals surface area contributed by atoms with Gasteiger partial charge in [-0.15, -0.1) is 0 Å². The Morgan fingerprint density at radius 3 is 2.52 bits per heavy atom. The minimum absolute atomic E-state index is 0.241. The van der Waals surface area contributed by atoms with Crippen molar-refractivity contribution in [1.29, 1.82) is 0 Å². The lowest BCUT2D eigenvalue weighted by Crippen LogP contribution is -2.16. The lowest BCUT2D eigenvalue weighted by Gasteiger charge is -2.05. The van der Waals surface area contributed by atoms with Gasteiger partial charge in [-0.1, -0.05) is 40.9 Å². The number of hydrogen-bond acceptors (Lipinski definition) is 4. The maximum Gasteiger partial charge on any atom is 0.277 e. The summed E-state index contributed by atoms with van der Waals surface area (Å²) in [4.78, 5) is 12.6. The molecule has 160 valence electrons. The van der Waals surface area contributed by atoms with Crippen molar-refractivity contribution in [3.63, 3.8) is 0 Å². The van der Waals surface area contributed by atoms with Crippen LogP contribution in [-0.4, -0.2) is 35.2 Å². The first kappa shape index (κ1) is 21.4. The second-order valence-electron chi connectivity index (χ2n) is 7.02. The van der Waals surface area contributed by atoms with Gasteiger partial charge in [0.25, 0.3) is 5.91 Å². The van der Waals surface area contributed by atoms with E-state index < -0.39 is 5.91 Å². The zero-order valence-electron chi connectivity index (χ0n) is 16.7. The number of benzene rings is 1. The van der Waals surface area contributed by atoms with E-state index in [9.17, 15) is 4.79 Å². The molecule has 8 nitrogen and oxygen atoms in total. The first-order chi connectivity index (χ1) is 14.8. The fraction of sp³-hybridized carbons (Fsp3) is 0.200. The number of halogens is 3. The lowest BCUT2D eigenvalue weighted by molar-refractivity contribution is 0.102. The number of aromatic nitrogens is 6. The monoisotopic (exact) mass is 477 g/mol. The summed E-state index contributed by atoms with van der Waals surface area (Å²) in [6, 6.07) is 8.83. The summed E-state index contributed by atoms with van der Waals surface area (Å²) in [5.41, 5.74) is 3.00. The molecule has 1 N–H and O–H groups in total. The Morgan fingerprint density at radius 1 is 1.00 bits per heavy atom. The Hall–Kier alpha value is -2.81. The van der Waals surface area contributed by atoms with Gasteiger partial charge in [0.15, 0.2) is 11.5 Å². The first-order valence-electron chi connectivity index (χ1n) is 9.31. The molecular formula is C20H18Cl3N7O. The highest BCUT2D eigenvalue weighted by Crippen LogP contribution is 2.24. The molecule has 31 heavy (non-hydrogen) atoms. The second kappa shape index (κ2) is 8.74. The van der Waals surface area contributed by atoms with E-state index in [0.717, 1.165) is 17.0 Å². The van der Waals surface area contributed by atoms with Crippen LogP contribution in [0.15, 0.2) is 42.7 Å². The molecule has 0 fully saturated rings. The third kappa shape index (κ3) is 4.92. The molecule has 1 aromatic carbocycles. The van der Waals surface area contributed by atoms with Crippen molar-refractivity contribution in [3.8, 4) is 0 Å². The molecule has 0 radical (unpaired) electrons. The number of anilines is 1. The van der Waals surface area contributed by atoms with Crippen LogP contribution in [0.1, 0.15) is 27.4 Å². The van der Waals surface area contributed by atoms with Crippen molar-refractivity contribution in [3.05, 3.63) is 80.4 Å². The van der Waals surface area contributed by atoms with Crippen molar-refractivity contribution in [1.82, 2.24) is 29.3 Å². The summed E-state index contributed by atoms with van der Waals surface area (Å²) in [6.07, 6.45) is 3.33. The average molecular weight is 479 g/mol. The molecule has 4 aromatic rings. The van der Waals surface area contributed by atoms with Gasteiger partial charge in [-0.05, 0) is 43.7 Å². The zero-order chi connectivity index (χ0) is 22.1. The van der Waals surface area contributed by atoms with E-state index in [1.54, 1.807) is 40.0 Å². The number of rotatable bonds is 6. The summed E-state index contributed by atoms with van der Waals surface area (Å²) in [5, 5.41) is 17.1. The third-order valence-electron chi connectivity index (χ3n) is 4.55. The van der Waals surface area contributed by atoms with Crippen LogP contribution in [0.25, 0.3) is 0 Å². The second-order valence-corrected chi connectivity index (χ2v) is 8.27. The van der Waals surface area contributed by atoms with E-state index in [0.29, 0.717) is 28.3 Å². The Labute approximate surface area is 193 Å². The molecule has 0 saturated heterocycles. The standard InChI is InChI=1S/C20H18Cl3N7O/c1-12-7-13(2)30(25-12)11-28-6-5-18(26-28)20(31)24-19-17(23)10-29(27-19)9-14-3-4-15(21)8-16(14)22/h3-8,10H,9,11H2,1-2H3,(H,24,27,31). The van der Waals surface area contributed by atoms with Crippen molar-refractivity contribution in [2.45, 2.75) is 27.1 Å². The van der Waals surface area contributed by atoms with Crippen LogP contribution < -0.4 is 5.32 Å². The fourth-order valence-electron chi connectivity index (χ4n) is 3.08. The predicted octanol–water partition coefficient (Wildman–Crippen LogP) is 4.66. The molecule has 0 aliphatic heterocycles.